The number of aromatic nitrogens is 1. The zero-order chi connectivity index (χ0) is 15.7. The van der Waals surface area contributed by atoms with Crippen LogP contribution in [0, 0.1) is 6.92 Å². The molecule has 1 aliphatic heterocycles. The van der Waals surface area contributed by atoms with Crippen molar-refractivity contribution in [2.45, 2.75) is 20.4 Å². The minimum absolute atomic E-state index is 0.0928. The Kier molecular flexibility index (Phi) is 3.98. The standard InChI is InChI=1S/C17H20N2O3/c1-3-19-15(17(21)18-6-8-22-9-7-18)11-13-5-4-12(2)10-14(13)16(19)20/h4-5,10-11H,3,6-9H2,1-2H3. The fraction of sp³-hybridized carbons (Fsp3) is 0.412. The molecule has 3 rings (SSSR count). The van der Waals surface area contributed by atoms with Gasteiger partial charge in [0.15, 0.2) is 0 Å². The van der Waals surface area contributed by atoms with Crippen LogP contribution in [0.4, 0.5) is 0 Å². The normalized spacial score (nSPS) is 15.3. The van der Waals surface area contributed by atoms with E-state index in [1.807, 2.05) is 38.1 Å². The lowest BCUT2D eigenvalue weighted by Crippen LogP contribution is -2.42. The molecule has 2 heterocycles. The van der Waals surface area contributed by atoms with E-state index < -0.39 is 0 Å². The van der Waals surface area contributed by atoms with E-state index in [1.165, 1.54) is 0 Å². The lowest BCUT2D eigenvalue weighted by atomic mass is 10.1. The predicted octanol–water partition coefficient (Wildman–Crippen LogP) is 1.80. The van der Waals surface area contributed by atoms with E-state index >= 15 is 0 Å². The molecule has 2 aromatic rings. The summed E-state index contributed by atoms with van der Waals surface area (Å²) in [6.07, 6.45) is 0. The minimum Gasteiger partial charge on any atom is -0.378 e. The summed E-state index contributed by atoms with van der Waals surface area (Å²) in [4.78, 5) is 27.2. The molecular formula is C17H20N2O3. The number of rotatable bonds is 2. The van der Waals surface area contributed by atoms with Crippen molar-refractivity contribution in [3.8, 4) is 0 Å². The SMILES string of the molecule is CCn1c(C(=O)N2CCOCC2)cc2ccc(C)cc2c1=O. The van der Waals surface area contributed by atoms with Gasteiger partial charge in [-0.05, 0) is 31.4 Å². The Hall–Kier alpha value is -2.14. The number of carbonyl (C=O) groups is 1. The number of amides is 1. The maximum absolute atomic E-state index is 12.8. The van der Waals surface area contributed by atoms with Gasteiger partial charge in [-0.3, -0.25) is 9.59 Å². The molecule has 0 N–H and O–H groups in total. The number of ether oxygens (including phenoxy) is 1. The Labute approximate surface area is 129 Å². The van der Waals surface area contributed by atoms with Gasteiger partial charge in [0.2, 0.25) is 0 Å². The first kappa shape index (κ1) is 14.8. The summed E-state index contributed by atoms with van der Waals surface area (Å²) in [7, 11) is 0. The quantitative estimate of drug-likeness (QED) is 0.850. The van der Waals surface area contributed by atoms with Crippen LogP contribution in [0.25, 0.3) is 10.8 Å². The second-order valence-corrected chi connectivity index (χ2v) is 5.57. The van der Waals surface area contributed by atoms with E-state index in [0.29, 0.717) is 43.9 Å². The van der Waals surface area contributed by atoms with Crippen LogP contribution in [0.2, 0.25) is 0 Å². The highest BCUT2D eigenvalue weighted by Crippen LogP contribution is 2.16. The van der Waals surface area contributed by atoms with Crippen molar-refractivity contribution in [3.05, 3.63) is 45.9 Å². The van der Waals surface area contributed by atoms with Crippen molar-refractivity contribution < 1.29 is 9.53 Å². The van der Waals surface area contributed by atoms with Gasteiger partial charge < -0.3 is 14.2 Å². The van der Waals surface area contributed by atoms with Crippen molar-refractivity contribution in [1.82, 2.24) is 9.47 Å². The van der Waals surface area contributed by atoms with Crippen molar-refractivity contribution in [2.24, 2.45) is 0 Å². The second-order valence-electron chi connectivity index (χ2n) is 5.57. The Balaban J connectivity index is 2.14. The van der Waals surface area contributed by atoms with Crippen LogP contribution in [0.5, 0.6) is 0 Å². The molecule has 0 aliphatic carbocycles. The van der Waals surface area contributed by atoms with Gasteiger partial charge >= 0.3 is 0 Å². The van der Waals surface area contributed by atoms with Crippen molar-refractivity contribution in [3.63, 3.8) is 0 Å². The molecule has 5 nitrogen and oxygen atoms in total. The van der Waals surface area contributed by atoms with Crippen LogP contribution in [-0.4, -0.2) is 41.7 Å². The number of hydrogen-bond donors (Lipinski definition) is 0. The summed E-state index contributed by atoms with van der Waals surface area (Å²) < 4.78 is 6.86. The lowest BCUT2D eigenvalue weighted by Gasteiger charge is -2.27. The molecule has 1 aromatic heterocycles. The van der Waals surface area contributed by atoms with Gasteiger partial charge in [-0.2, -0.15) is 0 Å². The number of fused-ring (bicyclic) bond motifs is 1. The number of nitrogens with zero attached hydrogens (tertiary/aromatic N) is 2. The van der Waals surface area contributed by atoms with E-state index in [4.69, 9.17) is 4.74 Å². The third-order valence-corrected chi connectivity index (χ3v) is 4.10. The predicted molar refractivity (Wildman–Crippen MR) is 85.3 cm³/mol. The fourth-order valence-electron chi connectivity index (χ4n) is 2.88. The molecule has 0 unspecified atom stereocenters. The van der Waals surface area contributed by atoms with Crippen LogP contribution in [0.3, 0.4) is 0 Å². The first-order valence-corrected chi connectivity index (χ1v) is 7.63. The van der Waals surface area contributed by atoms with Gasteiger partial charge in [-0.25, -0.2) is 0 Å². The van der Waals surface area contributed by atoms with E-state index in [-0.39, 0.29) is 11.5 Å². The number of benzene rings is 1. The Morgan fingerprint density at radius 2 is 1.95 bits per heavy atom. The largest absolute Gasteiger partial charge is 0.378 e. The molecule has 1 fully saturated rings. The average molecular weight is 300 g/mol. The first-order valence-electron chi connectivity index (χ1n) is 7.63. The minimum atomic E-state index is -0.0969. The Bertz CT molecular complexity index is 773. The molecule has 0 radical (unpaired) electrons. The average Bonchev–Trinajstić information content (AvgIpc) is 2.55. The highest BCUT2D eigenvalue weighted by molar-refractivity contribution is 5.96. The monoisotopic (exact) mass is 300 g/mol. The number of pyridine rings is 1. The van der Waals surface area contributed by atoms with Crippen molar-refractivity contribution in [1.29, 1.82) is 0 Å². The molecular weight excluding hydrogens is 280 g/mol. The van der Waals surface area contributed by atoms with Gasteiger partial charge in [-0.1, -0.05) is 17.7 Å². The number of aryl methyl sites for hydroxylation is 1. The molecule has 1 aromatic carbocycles. The van der Waals surface area contributed by atoms with Gasteiger partial charge in [0.25, 0.3) is 11.5 Å². The van der Waals surface area contributed by atoms with E-state index in [2.05, 4.69) is 0 Å². The number of hydrogen-bond acceptors (Lipinski definition) is 3. The molecule has 0 atom stereocenters. The third kappa shape index (κ3) is 2.52. The van der Waals surface area contributed by atoms with Gasteiger partial charge in [0.1, 0.15) is 5.69 Å². The van der Waals surface area contributed by atoms with Crippen molar-refractivity contribution >= 4 is 16.7 Å². The molecule has 0 spiro atoms. The zero-order valence-corrected chi connectivity index (χ0v) is 13.0. The zero-order valence-electron chi connectivity index (χ0n) is 13.0. The van der Waals surface area contributed by atoms with E-state index in [0.717, 1.165) is 10.9 Å². The molecule has 1 saturated heterocycles. The molecule has 0 saturated carbocycles. The van der Waals surface area contributed by atoms with E-state index in [1.54, 1.807) is 9.47 Å². The summed E-state index contributed by atoms with van der Waals surface area (Å²) in [5.74, 6) is -0.0928. The summed E-state index contributed by atoms with van der Waals surface area (Å²) in [6, 6.07) is 7.58. The fourth-order valence-corrected chi connectivity index (χ4v) is 2.88. The van der Waals surface area contributed by atoms with Crippen LogP contribution < -0.4 is 5.56 Å². The van der Waals surface area contributed by atoms with Crippen LogP contribution in [-0.2, 0) is 11.3 Å². The molecule has 0 bridgehead atoms. The highest BCUT2D eigenvalue weighted by atomic mass is 16.5. The van der Waals surface area contributed by atoms with Gasteiger partial charge in [-0.15, -0.1) is 0 Å². The molecule has 22 heavy (non-hydrogen) atoms. The number of carbonyl (C=O) groups excluding carboxylic acids is 1. The highest BCUT2D eigenvalue weighted by Gasteiger charge is 2.22. The van der Waals surface area contributed by atoms with Crippen LogP contribution in [0.1, 0.15) is 23.0 Å². The summed E-state index contributed by atoms with van der Waals surface area (Å²) in [5, 5.41) is 1.48. The van der Waals surface area contributed by atoms with Crippen LogP contribution >= 0.6 is 0 Å². The molecule has 1 amide bonds. The maximum Gasteiger partial charge on any atom is 0.270 e. The lowest BCUT2D eigenvalue weighted by molar-refractivity contribution is 0.0295. The summed E-state index contributed by atoms with van der Waals surface area (Å²) in [6.45, 7) is 6.57. The molecule has 116 valence electrons. The Morgan fingerprint density at radius 1 is 1.23 bits per heavy atom. The molecule has 1 aliphatic rings. The third-order valence-electron chi connectivity index (χ3n) is 4.10. The number of morpholine rings is 1. The Morgan fingerprint density at radius 3 is 2.64 bits per heavy atom. The second kappa shape index (κ2) is 5.93. The summed E-state index contributed by atoms with van der Waals surface area (Å²) in [5.41, 5.74) is 1.41. The van der Waals surface area contributed by atoms with Crippen LogP contribution in [0.15, 0.2) is 29.1 Å². The summed E-state index contributed by atoms with van der Waals surface area (Å²) >= 11 is 0. The smallest absolute Gasteiger partial charge is 0.270 e. The van der Waals surface area contributed by atoms with E-state index in [9.17, 15) is 9.59 Å². The maximum atomic E-state index is 12.8. The topological polar surface area (TPSA) is 51.5 Å². The first-order chi connectivity index (χ1) is 10.6. The van der Waals surface area contributed by atoms with Gasteiger partial charge in [0, 0.05) is 25.0 Å². The van der Waals surface area contributed by atoms with Crippen molar-refractivity contribution in [2.75, 3.05) is 26.3 Å². The van der Waals surface area contributed by atoms with Gasteiger partial charge in [0.05, 0.1) is 13.2 Å². The molecule has 5 heteroatoms.